The van der Waals surface area contributed by atoms with Gasteiger partial charge in [0.1, 0.15) is 0 Å². The highest BCUT2D eigenvalue weighted by molar-refractivity contribution is 5.87. The van der Waals surface area contributed by atoms with Crippen LogP contribution in [0, 0.1) is 6.07 Å². The van der Waals surface area contributed by atoms with Gasteiger partial charge in [0.15, 0.2) is 0 Å². The Labute approximate surface area is 77.9 Å². The fraction of sp³-hybridized carbons (Fsp3) is 0.300. The van der Waals surface area contributed by atoms with Crippen LogP contribution in [0.1, 0.15) is 6.92 Å². The van der Waals surface area contributed by atoms with Crippen molar-refractivity contribution < 1.29 is 9.53 Å². The second kappa shape index (κ2) is 4.50. The summed E-state index contributed by atoms with van der Waals surface area (Å²) in [5.74, 6) is 0. The second-order valence-electron chi connectivity index (χ2n) is 2.48. The molecule has 69 valence electrons. The number of amides is 1. The number of hydrogen-bond donors (Lipinski definition) is 0. The predicted octanol–water partition coefficient (Wildman–Crippen LogP) is 2.08. The molecule has 0 aromatic heterocycles. The molecule has 1 aromatic carbocycles. The van der Waals surface area contributed by atoms with Crippen LogP contribution in [-0.2, 0) is 4.74 Å². The minimum atomic E-state index is -0.345. The summed E-state index contributed by atoms with van der Waals surface area (Å²) in [5, 5.41) is 0. The van der Waals surface area contributed by atoms with Crippen molar-refractivity contribution in [2.75, 3.05) is 18.6 Å². The molecule has 0 saturated heterocycles. The largest absolute Gasteiger partial charge is 0.452 e. The van der Waals surface area contributed by atoms with Crippen molar-refractivity contribution >= 4 is 11.8 Å². The number of rotatable bonds is 2. The highest BCUT2D eigenvalue weighted by Gasteiger charge is 2.12. The molecule has 0 fully saturated rings. The van der Waals surface area contributed by atoms with Gasteiger partial charge >= 0.3 is 6.09 Å². The van der Waals surface area contributed by atoms with E-state index in [2.05, 4.69) is 10.8 Å². The van der Waals surface area contributed by atoms with Crippen molar-refractivity contribution in [2.24, 2.45) is 0 Å². The molecule has 0 N–H and O–H groups in total. The zero-order valence-electron chi connectivity index (χ0n) is 7.78. The third kappa shape index (κ3) is 2.21. The number of hydrogen-bond acceptors (Lipinski definition) is 2. The summed E-state index contributed by atoms with van der Waals surface area (Å²) >= 11 is 0. The van der Waals surface area contributed by atoms with E-state index in [0.717, 1.165) is 5.69 Å². The van der Waals surface area contributed by atoms with Gasteiger partial charge in [-0.25, -0.2) is 4.79 Å². The Morgan fingerprint density at radius 3 is 2.92 bits per heavy atom. The van der Waals surface area contributed by atoms with Crippen LogP contribution in [-0.4, -0.2) is 19.7 Å². The molecular formula is C10H12NO2. The number of carbonyl (C=O) groups excluding carboxylic acids is 1. The predicted molar refractivity (Wildman–Crippen MR) is 50.7 cm³/mol. The van der Waals surface area contributed by atoms with E-state index in [9.17, 15) is 4.79 Å². The lowest BCUT2D eigenvalue weighted by Gasteiger charge is -2.18. The summed E-state index contributed by atoms with van der Waals surface area (Å²) in [6.07, 6.45) is -0.345. The molecule has 0 unspecified atom stereocenters. The molecule has 1 amide bonds. The van der Waals surface area contributed by atoms with Crippen molar-refractivity contribution in [2.45, 2.75) is 6.92 Å². The molecular weight excluding hydrogens is 166 g/mol. The van der Waals surface area contributed by atoms with Crippen molar-refractivity contribution in [3.8, 4) is 0 Å². The molecule has 0 bridgehead atoms. The minimum Gasteiger partial charge on any atom is -0.452 e. The lowest BCUT2D eigenvalue weighted by atomic mass is 10.3. The first kappa shape index (κ1) is 9.58. The Kier molecular flexibility index (Phi) is 3.31. The molecule has 0 saturated carbocycles. The van der Waals surface area contributed by atoms with Crippen LogP contribution < -0.4 is 4.90 Å². The number of ether oxygens (including phenoxy) is 1. The van der Waals surface area contributed by atoms with Crippen LogP contribution >= 0.6 is 0 Å². The maximum atomic E-state index is 11.2. The van der Waals surface area contributed by atoms with Gasteiger partial charge in [-0.15, -0.1) is 0 Å². The number of benzene rings is 1. The van der Waals surface area contributed by atoms with Gasteiger partial charge in [0.2, 0.25) is 0 Å². The molecule has 3 heteroatoms. The SMILES string of the molecule is CCN(C(=O)OC)c1c[c]ccc1. The molecule has 0 aliphatic heterocycles. The van der Waals surface area contributed by atoms with Crippen LogP contribution in [0.25, 0.3) is 0 Å². The normalized spacial score (nSPS) is 9.38. The summed E-state index contributed by atoms with van der Waals surface area (Å²) in [7, 11) is 1.37. The van der Waals surface area contributed by atoms with E-state index < -0.39 is 0 Å². The van der Waals surface area contributed by atoms with Crippen molar-refractivity contribution in [3.05, 3.63) is 30.3 Å². The molecule has 0 heterocycles. The van der Waals surface area contributed by atoms with E-state index in [-0.39, 0.29) is 6.09 Å². The van der Waals surface area contributed by atoms with Crippen LogP contribution in [0.3, 0.4) is 0 Å². The Balaban J connectivity index is 2.85. The average molecular weight is 178 g/mol. The fourth-order valence-corrected chi connectivity index (χ4v) is 1.08. The molecule has 0 spiro atoms. The zero-order chi connectivity index (χ0) is 9.68. The Bertz CT molecular complexity index is 272. The third-order valence-corrected chi connectivity index (χ3v) is 1.71. The van der Waals surface area contributed by atoms with Crippen molar-refractivity contribution in [1.29, 1.82) is 0 Å². The first-order valence-electron chi connectivity index (χ1n) is 4.11. The summed E-state index contributed by atoms with van der Waals surface area (Å²) in [4.78, 5) is 12.8. The molecule has 0 aliphatic carbocycles. The number of methoxy groups -OCH3 is 1. The highest BCUT2D eigenvalue weighted by Crippen LogP contribution is 2.12. The summed E-state index contributed by atoms with van der Waals surface area (Å²) in [6.45, 7) is 2.48. The van der Waals surface area contributed by atoms with E-state index in [0.29, 0.717) is 6.54 Å². The van der Waals surface area contributed by atoms with E-state index in [1.54, 1.807) is 12.1 Å². The van der Waals surface area contributed by atoms with Crippen LogP contribution in [0.5, 0.6) is 0 Å². The van der Waals surface area contributed by atoms with E-state index >= 15 is 0 Å². The van der Waals surface area contributed by atoms with Gasteiger partial charge in [0.05, 0.1) is 7.11 Å². The van der Waals surface area contributed by atoms with Gasteiger partial charge in [-0.3, -0.25) is 4.90 Å². The lowest BCUT2D eigenvalue weighted by molar-refractivity contribution is 0.179. The van der Waals surface area contributed by atoms with Crippen LogP contribution in [0.4, 0.5) is 10.5 Å². The maximum absolute atomic E-state index is 11.2. The highest BCUT2D eigenvalue weighted by atomic mass is 16.5. The monoisotopic (exact) mass is 178 g/mol. The molecule has 1 rings (SSSR count). The van der Waals surface area contributed by atoms with Gasteiger partial charge < -0.3 is 4.74 Å². The summed E-state index contributed by atoms with van der Waals surface area (Å²) in [5.41, 5.74) is 0.803. The Hall–Kier alpha value is -1.51. The molecule has 3 nitrogen and oxygen atoms in total. The van der Waals surface area contributed by atoms with Gasteiger partial charge in [-0.2, -0.15) is 0 Å². The van der Waals surface area contributed by atoms with Gasteiger partial charge in [0, 0.05) is 12.2 Å². The Morgan fingerprint density at radius 1 is 1.69 bits per heavy atom. The number of anilines is 1. The maximum Gasteiger partial charge on any atom is 0.413 e. The van der Waals surface area contributed by atoms with Crippen molar-refractivity contribution in [3.63, 3.8) is 0 Å². The first-order chi connectivity index (χ1) is 6.29. The second-order valence-corrected chi connectivity index (χ2v) is 2.48. The quantitative estimate of drug-likeness (QED) is 0.693. The zero-order valence-corrected chi connectivity index (χ0v) is 7.78. The Morgan fingerprint density at radius 2 is 2.46 bits per heavy atom. The molecule has 1 aromatic rings. The number of nitrogens with zero attached hydrogens (tertiary/aromatic N) is 1. The van der Waals surface area contributed by atoms with E-state index in [4.69, 9.17) is 0 Å². The fourth-order valence-electron chi connectivity index (χ4n) is 1.08. The van der Waals surface area contributed by atoms with Gasteiger partial charge in [-0.1, -0.05) is 12.1 Å². The van der Waals surface area contributed by atoms with Crippen molar-refractivity contribution in [1.82, 2.24) is 0 Å². The molecule has 0 aliphatic rings. The molecule has 1 radical (unpaired) electrons. The topological polar surface area (TPSA) is 29.5 Å². The lowest BCUT2D eigenvalue weighted by Crippen LogP contribution is -2.30. The summed E-state index contributed by atoms with van der Waals surface area (Å²) < 4.78 is 4.63. The van der Waals surface area contributed by atoms with Crippen LogP contribution in [0.2, 0.25) is 0 Å². The molecule has 13 heavy (non-hydrogen) atoms. The standard InChI is InChI=1S/C10H12NO2/c1-3-11(10(12)13-2)9-7-5-4-6-8-9/h4-5,7-8H,3H2,1-2H3. The minimum absolute atomic E-state index is 0.345. The van der Waals surface area contributed by atoms with E-state index in [1.807, 2.05) is 19.1 Å². The van der Waals surface area contributed by atoms with E-state index in [1.165, 1.54) is 12.0 Å². The summed E-state index contributed by atoms with van der Waals surface area (Å²) in [6, 6.07) is 10.1. The molecule has 0 atom stereocenters. The van der Waals surface area contributed by atoms with Gasteiger partial charge in [0.25, 0.3) is 0 Å². The first-order valence-corrected chi connectivity index (χ1v) is 4.11. The third-order valence-electron chi connectivity index (χ3n) is 1.71. The van der Waals surface area contributed by atoms with Crippen LogP contribution in [0.15, 0.2) is 24.3 Å². The van der Waals surface area contributed by atoms with Gasteiger partial charge in [-0.05, 0) is 25.1 Å². The number of carbonyl (C=O) groups is 1. The average Bonchev–Trinajstić information content (AvgIpc) is 2.20. The smallest absolute Gasteiger partial charge is 0.413 e.